The fourth-order valence-corrected chi connectivity index (χ4v) is 3.76. The van der Waals surface area contributed by atoms with Crippen LogP contribution in [0.4, 0.5) is 6.01 Å². The predicted molar refractivity (Wildman–Crippen MR) is 109 cm³/mol. The van der Waals surface area contributed by atoms with Crippen LogP contribution in [0.25, 0.3) is 11.1 Å². The van der Waals surface area contributed by atoms with Crippen molar-refractivity contribution in [3.05, 3.63) is 52.5 Å². The van der Waals surface area contributed by atoms with Crippen LogP contribution in [0.2, 0.25) is 10.0 Å². The molecule has 0 aliphatic carbocycles. The number of rotatable bonds is 6. The van der Waals surface area contributed by atoms with Crippen LogP contribution in [-0.2, 0) is 4.79 Å². The van der Waals surface area contributed by atoms with E-state index < -0.39 is 0 Å². The summed E-state index contributed by atoms with van der Waals surface area (Å²) in [5.41, 5.74) is 1.60. The minimum Gasteiger partial charge on any atom is -0.482 e. The van der Waals surface area contributed by atoms with Crippen LogP contribution < -0.4 is 15.0 Å². The average molecular weight is 420 g/mol. The Kier molecular flexibility index (Phi) is 5.59. The fourth-order valence-electron chi connectivity index (χ4n) is 3.30. The molecule has 2 aromatic carbocycles. The SMILES string of the molecule is O=C(COc1ccc(Cl)cc1Cl)NCC1CCCN1c1nc2ccccc2o1. The number of hydrogen-bond acceptors (Lipinski definition) is 5. The van der Waals surface area contributed by atoms with Gasteiger partial charge in [0.05, 0.1) is 11.1 Å². The zero-order valence-corrected chi connectivity index (χ0v) is 16.5. The molecule has 1 aliphatic rings. The number of benzene rings is 2. The predicted octanol–water partition coefficient (Wildman–Crippen LogP) is 4.30. The summed E-state index contributed by atoms with van der Waals surface area (Å²) in [7, 11) is 0. The number of oxazole rings is 1. The van der Waals surface area contributed by atoms with E-state index in [9.17, 15) is 4.79 Å². The van der Waals surface area contributed by atoms with Gasteiger partial charge in [-0.15, -0.1) is 0 Å². The highest BCUT2D eigenvalue weighted by Gasteiger charge is 2.28. The molecular formula is C20H19Cl2N3O3. The molecule has 1 atom stereocenters. The number of carbonyl (C=O) groups is 1. The lowest BCUT2D eigenvalue weighted by molar-refractivity contribution is -0.123. The van der Waals surface area contributed by atoms with Gasteiger partial charge in [0.1, 0.15) is 11.3 Å². The van der Waals surface area contributed by atoms with Crippen LogP contribution in [0.5, 0.6) is 5.75 Å². The molecule has 1 aliphatic heterocycles. The molecule has 8 heteroatoms. The molecule has 1 amide bonds. The largest absolute Gasteiger partial charge is 0.482 e. The first-order valence-electron chi connectivity index (χ1n) is 9.07. The lowest BCUT2D eigenvalue weighted by atomic mass is 10.2. The van der Waals surface area contributed by atoms with Crippen molar-refractivity contribution in [1.82, 2.24) is 10.3 Å². The molecule has 0 spiro atoms. The summed E-state index contributed by atoms with van der Waals surface area (Å²) in [6, 6.07) is 13.3. The highest BCUT2D eigenvalue weighted by Crippen LogP contribution is 2.28. The molecule has 0 radical (unpaired) electrons. The number of ether oxygens (including phenoxy) is 1. The van der Waals surface area contributed by atoms with E-state index in [1.807, 2.05) is 24.3 Å². The third kappa shape index (κ3) is 4.18. The molecule has 1 saturated heterocycles. The van der Waals surface area contributed by atoms with Crippen molar-refractivity contribution in [1.29, 1.82) is 0 Å². The van der Waals surface area contributed by atoms with E-state index in [2.05, 4.69) is 15.2 Å². The zero-order chi connectivity index (χ0) is 19.5. The number of para-hydroxylation sites is 2. The van der Waals surface area contributed by atoms with Gasteiger partial charge in [-0.05, 0) is 43.2 Å². The molecular weight excluding hydrogens is 401 g/mol. The molecule has 0 saturated carbocycles. The monoisotopic (exact) mass is 419 g/mol. The maximum absolute atomic E-state index is 12.2. The molecule has 28 heavy (non-hydrogen) atoms. The van der Waals surface area contributed by atoms with E-state index in [0.717, 1.165) is 30.5 Å². The van der Waals surface area contributed by atoms with E-state index in [1.165, 1.54) is 0 Å². The first-order valence-corrected chi connectivity index (χ1v) is 9.82. The summed E-state index contributed by atoms with van der Waals surface area (Å²) in [6.45, 7) is 1.23. The zero-order valence-electron chi connectivity index (χ0n) is 15.0. The Morgan fingerprint density at radius 1 is 1.29 bits per heavy atom. The maximum Gasteiger partial charge on any atom is 0.298 e. The third-order valence-electron chi connectivity index (χ3n) is 4.69. The minimum atomic E-state index is -0.213. The van der Waals surface area contributed by atoms with Gasteiger partial charge in [0, 0.05) is 18.1 Å². The second-order valence-electron chi connectivity index (χ2n) is 6.62. The van der Waals surface area contributed by atoms with E-state index in [-0.39, 0.29) is 18.6 Å². The molecule has 1 fully saturated rings. The van der Waals surface area contributed by atoms with E-state index in [0.29, 0.717) is 28.4 Å². The first kappa shape index (κ1) is 18.9. The third-order valence-corrected chi connectivity index (χ3v) is 5.22. The number of anilines is 1. The standard InChI is InChI=1S/C20H19Cl2N3O3/c21-13-7-8-17(15(22)10-13)27-12-19(26)23-11-14-4-3-9-25(14)20-24-16-5-1-2-6-18(16)28-20/h1-2,5-8,10,14H,3-4,9,11-12H2,(H,23,26). The number of fused-ring (bicyclic) bond motifs is 1. The molecule has 146 valence electrons. The number of hydrogen-bond donors (Lipinski definition) is 1. The number of halogens is 2. The van der Waals surface area contributed by atoms with Gasteiger partial charge in [0.15, 0.2) is 12.2 Å². The van der Waals surface area contributed by atoms with Crippen LogP contribution in [0.3, 0.4) is 0 Å². The second-order valence-corrected chi connectivity index (χ2v) is 7.46. The summed E-state index contributed by atoms with van der Waals surface area (Å²) in [6.07, 6.45) is 1.99. The van der Waals surface area contributed by atoms with Crippen LogP contribution in [-0.4, -0.2) is 36.6 Å². The van der Waals surface area contributed by atoms with Crippen molar-refractivity contribution in [2.24, 2.45) is 0 Å². The number of amides is 1. The quantitative estimate of drug-likeness (QED) is 0.644. The van der Waals surface area contributed by atoms with E-state index in [1.54, 1.807) is 18.2 Å². The highest BCUT2D eigenvalue weighted by molar-refractivity contribution is 6.35. The van der Waals surface area contributed by atoms with Crippen LogP contribution in [0.1, 0.15) is 12.8 Å². The van der Waals surface area contributed by atoms with Crippen LogP contribution in [0, 0.1) is 0 Å². The van der Waals surface area contributed by atoms with Gasteiger partial charge in [-0.3, -0.25) is 4.79 Å². The Hall–Kier alpha value is -2.44. The Bertz CT molecular complexity index is 959. The number of nitrogens with zero attached hydrogens (tertiary/aromatic N) is 2. The number of aromatic nitrogens is 1. The van der Waals surface area contributed by atoms with Crippen molar-refractivity contribution in [2.75, 3.05) is 24.6 Å². The Labute approximate surface area is 172 Å². The van der Waals surface area contributed by atoms with Gasteiger partial charge in [-0.1, -0.05) is 35.3 Å². The van der Waals surface area contributed by atoms with Crippen molar-refractivity contribution < 1.29 is 13.9 Å². The smallest absolute Gasteiger partial charge is 0.298 e. The molecule has 1 unspecified atom stereocenters. The Morgan fingerprint density at radius 3 is 2.96 bits per heavy atom. The molecule has 4 rings (SSSR count). The van der Waals surface area contributed by atoms with Gasteiger partial charge >= 0.3 is 0 Å². The number of nitrogens with one attached hydrogen (secondary N) is 1. The highest BCUT2D eigenvalue weighted by atomic mass is 35.5. The molecule has 2 heterocycles. The van der Waals surface area contributed by atoms with Crippen LogP contribution in [0.15, 0.2) is 46.9 Å². The van der Waals surface area contributed by atoms with Gasteiger partial charge in [-0.25, -0.2) is 0 Å². The van der Waals surface area contributed by atoms with Gasteiger partial charge in [-0.2, -0.15) is 4.98 Å². The summed E-state index contributed by atoms with van der Waals surface area (Å²) in [5.74, 6) is 0.214. The molecule has 0 bridgehead atoms. The normalized spacial score (nSPS) is 16.5. The average Bonchev–Trinajstić information content (AvgIpc) is 3.31. The molecule has 1 N–H and O–H groups in total. The van der Waals surface area contributed by atoms with Crippen molar-refractivity contribution in [3.8, 4) is 5.75 Å². The minimum absolute atomic E-state index is 0.114. The first-order chi connectivity index (χ1) is 13.6. The molecule has 6 nitrogen and oxygen atoms in total. The second kappa shape index (κ2) is 8.29. The topological polar surface area (TPSA) is 67.6 Å². The van der Waals surface area contributed by atoms with Gasteiger partial charge < -0.3 is 19.4 Å². The summed E-state index contributed by atoms with van der Waals surface area (Å²) in [4.78, 5) is 18.8. The van der Waals surface area contributed by atoms with E-state index >= 15 is 0 Å². The fraction of sp³-hybridized carbons (Fsp3) is 0.300. The van der Waals surface area contributed by atoms with E-state index in [4.69, 9.17) is 32.4 Å². The Morgan fingerprint density at radius 2 is 2.14 bits per heavy atom. The maximum atomic E-state index is 12.2. The number of carbonyl (C=O) groups excluding carboxylic acids is 1. The molecule has 3 aromatic rings. The van der Waals surface area contributed by atoms with Crippen LogP contribution >= 0.6 is 23.2 Å². The van der Waals surface area contributed by atoms with Crippen molar-refractivity contribution >= 4 is 46.2 Å². The summed E-state index contributed by atoms with van der Waals surface area (Å²) in [5, 5.41) is 3.80. The Balaban J connectivity index is 1.32. The summed E-state index contributed by atoms with van der Waals surface area (Å²) >= 11 is 11.9. The lowest BCUT2D eigenvalue weighted by Gasteiger charge is -2.23. The lowest BCUT2D eigenvalue weighted by Crippen LogP contribution is -2.41. The van der Waals surface area contributed by atoms with Crippen molar-refractivity contribution in [2.45, 2.75) is 18.9 Å². The van der Waals surface area contributed by atoms with Gasteiger partial charge in [0.2, 0.25) is 0 Å². The van der Waals surface area contributed by atoms with Gasteiger partial charge in [0.25, 0.3) is 11.9 Å². The summed E-state index contributed by atoms with van der Waals surface area (Å²) < 4.78 is 11.3. The molecule has 1 aromatic heterocycles. The van der Waals surface area contributed by atoms with Crippen molar-refractivity contribution in [3.63, 3.8) is 0 Å².